The van der Waals surface area contributed by atoms with Crippen molar-refractivity contribution in [2.24, 2.45) is 10.2 Å². The van der Waals surface area contributed by atoms with E-state index in [1.807, 2.05) is 31.2 Å². The van der Waals surface area contributed by atoms with E-state index in [0.29, 0.717) is 17.1 Å². The lowest BCUT2D eigenvalue weighted by molar-refractivity contribution is -0.137. The summed E-state index contributed by atoms with van der Waals surface area (Å²) in [4.78, 5) is 4.13. The van der Waals surface area contributed by atoms with Crippen LogP contribution < -0.4 is 5.73 Å². The number of anilines is 1. The Morgan fingerprint density at radius 1 is 0.833 bits per heavy atom. The highest BCUT2D eigenvalue weighted by Gasteiger charge is 2.33. The first kappa shape index (κ1) is 21.0. The first-order chi connectivity index (χ1) is 14.3. The Hall–Kier alpha value is -3.74. The van der Waals surface area contributed by atoms with Crippen LogP contribution in [0, 0.1) is 6.92 Å². The normalized spacial score (nSPS) is 11.3. The molecule has 0 unspecified atom stereocenters. The van der Waals surface area contributed by atoms with Gasteiger partial charge < -0.3 is 5.73 Å². The van der Waals surface area contributed by atoms with Crippen molar-refractivity contribution in [3.05, 3.63) is 96.2 Å². The molecule has 0 aliphatic heterocycles. The molecule has 0 saturated heterocycles. The highest BCUT2D eigenvalue weighted by Crippen LogP contribution is 2.36. The molecule has 0 bridgehead atoms. The molecule has 30 heavy (non-hydrogen) atoms. The van der Waals surface area contributed by atoms with Crippen LogP contribution in [0.3, 0.4) is 0 Å². The second kappa shape index (κ2) is 9.17. The third kappa shape index (κ3) is 5.41. The van der Waals surface area contributed by atoms with E-state index in [9.17, 15) is 13.2 Å². The fraction of sp³-hybridized carbons (Fsp3) is 0.0870. The van der Waals surface area contributed by atoms with Crippen LogP contribution in [0.1, 0.15) is 11.1 Å². The molecule has 7 heteroatoms. The maximum atomic E-state index is 13.2. The van der Waals surface area contributed by atoms with Gasteiger partial charge in [-0.1, -0.05) is 48.5 Å². The standard InChI is InChI=1S/C23H19F3N4/c1-16-8-4-2-3-5-11-20(27)22(14-16)30-29-17-12-13-21(28-15-17)18-9-6-7-10-19(18)23(24,25)26/h2-15H,27H2,1H3. The van der Waals surface area contributed by atoms with Crippen molar-refractivity contribution in [2.75, 3.05) is 5.73 Å². The highest BCUT2D eigenvalue weighted by atomic mass is 19.4. The molecule has 2 aromatic carbocycles. The van der Waals surface area contributed by atoms with Crippen molar-refractivity contribution in [1.29, 1.82) is 0 Å². The predicted molar refractivity (Wildman–Crippen MR) is 112 cm³/mol. The molecule has 4 nitrogen and oxygen atoms in total. The SMILES string of the molecule is Cc1ccccccc(N)c(N=Nc2ccc(-c3ccccc3C(F)(F)F)nc2)c1. The van der Waals surface area contributed by atoms with Crippen LogP contribution in [0.4, 0.5) is 30.2 Å². The van der Waals surface area contributed by atoms with Crippen LogP contribution in [0.5, 0.6) is 0 Å². The fourth-order valence-electron chi connectivity index (χ4n) is 2.68. The maximum Gasteiger partial charge on any atom is 0.417 e. The Labute approximate surface area is 172 Å². The van der Waals surface area contributed by atoms with E-state index in [2.05, 4.69) is 15.2 Å². The zero-order valence-electron chi connectivity index (χ0n) is 16.1. The number of aromatic nitrogens is 1. The molecule has 0 aliphatic rings. The van der Waals surface area contributed by atoms with Gasteiger partial charge in [0, 0.05) is 5.56 Å². The first-order valence-corrected chi connectivity index (χ1v) is 9.08. The van der Waals surface area contributed by atoms with Gasteiger partial charge in [0.05, 0.1) is 23.1 Å². The molecule has 0 atom stereocenters. The summed E-state index contributed by atoms with van der Waals surface area (Å²) in [6.45, 7) is 1.91. The number of nitrogens with zero attached hydrogens (tertiary/aromatic N) is 3. The summed E-state index contributed by atoms with van der Waals surface area (Å²) < 4.78 is 39.7. The van der Waals surface area contributed by atoms with Gasteiger partial charge in [0.2, 0.25) is 0 Å². The van der Waals surface area contributed by atoms with E-state index < -0.39 is 11.7 Å². The number of hydrogen-bond acceptors (Lipinski definition) is 4. The molecule has 0 radical (unpaired) electrons. The highest BCUT2D eigenvalue weighted by molar-refractivity contribution is 5.65. The molecule has 3 aromatic rings. The molecular formula is C23H19F3N4. The van der Waals surface area contributed by atoms with Gasteiger partial charge in [-0.15, -0.1) is 10.2 Å². The van der Waals surface area contributed by atoms with Crippen LogP contribution >= 0.6 is 0 Å². The van der Waals surface area contributed by atoms with Gasteiger partial charge in [0.1, 0.15) is 11.4 Å². The lowest BCUT2D eigenvalue weighted by atomic mass is 10.0. The number of halogens is 3. The Balaban J connectivity index is 1.93. The molecule has 3 rings (SSSR count). The van der Waals surface area contributed by atoms with E-state index in [1.54, 1.807) is 30.3 Å². The molecule has 2 N–H and O–H groups in total. The number of benzene rings is 1. The number of hydrogen-bond donors (Lipinski definition) is 1. The second-order valence-electron chi connectivity index (χ2n) is 6.48. The maximum absolute atomic E-state index is 13.2. The van der Waals surface area contributed by atoms with Crippen molar-refractivity contribution >= 4 is 17.1 Å². The lowest BCUT2D eigenvalue weighted by Gasteiger charge is -2.11. The number of azo groups is 1. The van der Waals surface area contributed by atoms with Crippen molar-refractivity contribution in [2.45, 2.75) is 13.1 Å². The number of nitrogen functional groups attached to an aromatic ring is 1. The quantitative estimate of drug-likeness (QED) is 0.466. The Morgan fingerprint density at radius 3 is 2.23 bits per heavy atom. The van der Waals surface area contributed by atoms with Gasteiger partial charge in [0.25, 0.3) is 0 Å². The van der Waals surface area contributed by atoms with E-state index in [1.165, 1.54) is 24.4 Å². The van der Waals surface area contributed by atoms with E-state index in [0.717, 1.165) is 11.6 Å². The zero-order valence-corrected chi connectivity index (χ0v) is 16.1. The van der Waals surface area contributed by atoms with Gasteiger partial charge in [-0.05, 0) is 42.8 Å². The lowest BCUT2D eigenvalue weighted by Crippen LogP contribution is -2.07. The fourth-order valence-corrected chi connectivity index (χ4v) is 2.68. The molecule has 0 saturated carbocycles. The average Bonchev–Trinajstić information content (AvgIpc) is 2.73. The van der Waals surface area contributed by atoms with Crippen LogP contribution in [-0.4, -0.2) is 4.98 Å². The Bertz CT molecular complexity index is 1110. The predicted octanol–water partition coefficient (Wildman–Crippen LogP) is 7.20. The summed E-state index contributed by atoms with van der Waals surface area (Å²) in [5.41, 5.74) is 7.77. The number of rotatable bonds is 3. The third-order valence-corrected chi connectivity index (χ3v) is 4.16. The first-order valence-electron chi connectivity index (χ1n) is 9.08. The summed E-state index contributed by atoms with van der Waals surface area (Å²) in [6, 6.07) is 21.2. The van der Waals surface area contributed by atoms with Crippen molar-refractivity contribution < 1.29 is 13.2 Å². The van der Waals surface area contributed by atoms with Crippen LogP contribution in [0.2, 0.25) is 0 Å². The minimum absolute atomic E-state index is 0.0105. The molecule has 152 valence electrons. The number of pyridine rings is 1. The molecular weight excluding hydrogens is 389 g/mol. The summed E-state index contributed by atoms with van der Waals surface area (Å²) >= 11 is 0. The van der Waals surface area contributed by atoms with E-state index in [4.69, 9.17) is 5.73 Å². The van der Waals surface area contributed by atoms with E-state index >= 15 is 0 Å². The monoisotopic (exact) mass is 408 g/mol. The Kier molecular flexibility index (Phi) is 6.41. The second-order valence-corrected chi connectivity index (χ2v) is 6.48. The number of alkyl halides is 3. The van der Waals surface area contributed by atoms with Crippen LogP contribution in [0.25, 0.3) is 11.3 Å². The third-order valence-electron chi connectivity index (χ3n) is 4.16. The molecule has 0 amide bonds. The van der Waals surface area contributed by atoms with Gasteiger partial charge >= 0.3 is 6.18 Å². The summed E-state index contributed by atoms with van der Waals surface area (Å²) in [6.07, 6.45) is -3.09. The van der Waals surface area contributed by atoms with Gasteiger partial charge in [-0.25, -0.2) is 0 Å². The Morgan fingerprint density at radius 2 is 1.53 bits per heavy atom. The van der Waals surface area contributed by atoms with Crippen LogP contribution in [-0.2, 0) is 6.18 Å². The minimum Gasteiger partial charge on any atom is -0.397 e. The minimum atomic E-state index is -4.46. The van der Waals surface area contributed by atoms with Crippen molar-refractivity contribution in [3.63, 3.8) is 0 Å². The zero-order chi connectivity index (χ0) is 21.6. The topological polar surface area (TPSA) is 63.6 Å². The molecule has 0 spiro atoms. The van der Waals surface area contributed by atoms with Crippen molar-refractivity contribution in [1.82, 2.24) is 4.98 Å². The van der Waals surface area contributed by atoms with Gasteiger partial charge in [0.15, 0.2) is 0 Å². The summed E-state index contributed by atoms with van der Waals surface area (Å²) in [7, 11) is 0. The van der Waals surface area contributed by atoms with Crippen LogP contribution in [0.15, 0.2) is 95.3 Å². The largest absolute Gasteiger partial charge is 0.417 e. The number of aryl methyl sites for hydroxylation is 1. The molecule has 0 aliphatic carbocycles. The average molecular weight is 408 g/mol. The molecule has 1 heterocycles. The number of nitrogens with two attached hydrogens (primary N) is 1. The van der Waals surface area contributed by atoms with Gasteiger partial charge in [-0.2, -0.15) is 13.2 Å². The van der Waals surface area contributed by atoms with Crippen molar-refractivity contribution in [3.8, 4) is 11.3 Å². The van der Waals surface area contributed by atoms with E-state index in [-0.39, 0.29) is 11.3 Å². The van der Waals surface area contributed by atoms with Gasteiger partial charge in [-0.3, -0.25) is 4.98 Å². The summed E-state index contributed by atoms with van der Waals surface area (Å²) in [5.74, 6) is 0. The smallest absolute Gasteiger partial charge is 0.397 e. The molecule has 1 aromatic heterocycles. The molecule has 0 fully saturated rings. The summed E-state index contributed by atoms with van der Waals surface area (Å²) in [5, 5.41) is 8.32.